The van der Waals surface area contributed by atoms with E-state index in [0.29, 0.717) is 24.4 Å². The Morgan fingerprint density at radius 3 is 2.71 bits per heavy atom. The van der Waals surface area contributed by atoms with Gasteiger partial charge in [0.25, 0.3) is 5.91 Å². The summed E-state index contributed by atoms with van der Waals surface area (Å²) in [4.78, 5) is 24.8. The zero-order chi connectivity index (χ0) is 20.1. The first-order valence-electron chi connectivity index (χ1n) is 8.91. The normalized spacial score (nSPS) is 19.0. The van der Waals surface area contributed by atoms with E-state index in [-0.39, 0.29) is 17.1 Å². The second-order valence-corrected chi connectivity index (χ2v) is 8.86. The van der Waals surface area contributed by atoms with Gasteiger partial charge in [-0.25, -0.2) is 13.2 Å². The molecule has 0 aliphatic carbocycles. The molecule has 0 unspecified atom stereocenters. The Hall–Kier alpha value is -2.81. The van der Waals surface area contributed by atoms with Gasteiger partial charge in [0, 0.05) is 11.7 Å². The Bertz CT molecular complexity index is 939. The zero-order valence-corrected chi connectivity index (χ0v) is 16.2. The number of furan rings is 1. The highest BCUT2D eigenvalue weighted by Gasteiger charge is 2.31. The summed E-state index contributed by atoms with van der Waals surface area (Å²) in [5.74, 6) is -0.483. The van der Waals surface area contributed by atoms with Crippen molar-refractivity contribution in [3.63, 3.8) is 0 Å². The van der Waals surface area contributed by atoms with E-state index in [1.807, 2.05) is 6.07 Å². The van der Waals surface area contributed by atoms with Gasteiger partial charge in [0.2, 0.25) is 0 Å². The predicted octanol–water partition coefficient (Wildman–Crippen LogP) is 1.74. The number of hydrogen-bond donors (Lipinski definition) is 2. The van der Waals surface area contributed by atoms with Crippen molar-refractivity contribution in [3.05, 3.63) is 54.0 Å². The minimum atomic E-state index is -3.10. The lowest BCUT2D eigenvalue weighted by Crippen LogP contribution is -2.42. The van der Waals surface area contributed by atoms with Gasteiger partial charge in [-0.2, -0.15) is 0 Å². The van der Waals surface area contributed by atoms with Crippen LogP contribution in [0.5, 0.6) is 0 Å². The van der Waals surface area contributed by atoms with Crippen LogP contribution in [0, 0.1) is 0 Å². The topological polar surface area (TPSA) is 115 Å². The van der Waals surface area contributed by atoms with Gasteiger partial charge in [0.05, 0.1) is 29.9 Å². The van der Waals surface area contributed by atoms with Crippen LogP contribution in [0.1, 0.15) is 29.5 Å². The fraction of sp³-hybridized carbons (Fsp3) is 0.368. The number of anilines is 1. The molecular weight excluding hydrogens is 384 g/mol. The number of carbonyl (C=O) groups is 2. The molecule has 0 saturated carbocycles. The average Bonchev–Trinajstić information content (AvgIpc) is 3.29. The number of nitrogens with one attached hydrogen (secondary N) is 2. The van der Waals surface area contributed by atoms with E-state index in [4.69, 9.17) is 9.15 Å². The van der Waals surface area contributed by atoms with E-state index < -0.39 is 33.9 Å². The highest BCUT2D eigenvalue weighted by atomic mass is 32.2. The molecule has 1 saturated heterocycles. The number of esters is 1. The standard InChI is InChI=1S/C19H22N2O6S/c1-13(18(22)21-14-8-10-28(24,25)12-14)27-19(23)16-6-2-3-7-17(16)20-11-15-5-4-9-26-15/h2-7,9,13-14,20H,8,10-12H2,1H3,(H,21,22)/t13-,14+/m1/s1. The SMILES string of the molecule is C[C@@H](OC(=O)c1ccccc1NCc1ccco1)C(=O)N[C@H]1CCS(=O)(=O)C1. The molecule has 0 radical (unpaired) electrons. The van der Waals surface area contributed by atoms with Crippen LogP contribution in [-0.4, -0.2) is 43.9 Å². The molecule has 8 nitrogen and oxygen atoms in total. The second-order valence-electron chi connectivity index (χ2n) is 6.63. The van der Waals surface area contributed by atoms with Gasteiger partial charge in [0.15, 0.2) is 15.9 Å². The summed E-state index contributed by atoms with van der Waals surface area (Å²) in [6.07, 6.45) is 0.885. The number of amides is 1. The monoisotopic (exact) mass is 406 g/mol. The fourth-order valence-electron chi connectivity index (χ4n) is 2.92. The predicted molar refractivity (Wildman–Crippen MR) is 103 cm³/mol. The number of benzene rings is 1. The molecule has 2 N–H and O–H groups in total. The molecule has 28 heavy (non-hydrogen) atoms. The quantitative estimate of drug-likeness (QED) is 0.673. The van der Waals surface area contributed by atoms with Crippen molar-refractivity contribution in [1.29, 1.82) is 0 Å². The van der Waals surface area contributed by atoms with Crippen LogP contribution >= 0.6 is 0 Å². The van der Waals surface area contributed by atoms with E-state index in [2.05, 4.69) is 10.6 Å². The third-order valence-electron chi connectivity index (χ3n) is 4.41. The molecule has 1 amide bonds. The summed E-state index contributed by atoms with van der Waals surface area (Å²) in [6.45, 7) is 1.85. The molecule has 2 aromatic rings. The number of carbonyl (C=O) groups excluding carboxylic acids is 2. The second kappa shape index (κ2) is 8.47. The van der Waals surface area contributed by atoms with Crippen molar-refractivity contribution in [2.45, 2.75) is 32.0 Å². The van der Waals surface area contributed by atoms with Gasteiger partial charge < -0.3 is 19.8 Å². The Kier molecular flexibility index (Phi) is 6.03. The lowest BCUT2D eigenvalue weighted by atomic mass is 10.1. The maximum atomic E-state index is 12.5. The molecule has 2 atom stereocenters. The molecule has 9 heteroatoms. The molecule has 1 aliphatic heterocycles. The summed E-state index contributed by atoms with van der Waals surface area (Å²) in [7, 11) is -3.10. The van der Waals surface area contributed by atoms with Crippen molar-refractivity contribution >= 4 is 27.4 Å². The van der Waals surface area contributed by atoms with Crippen LogP contribution in [0.15, 0.2) is 47.1 Å². The lowest BCUT2D eigenvalue weighted by Gasteiger charge is -2.17. The maximum Gasteiger partial charge on any atom is 0.341 e. The fourth-order valence-corrected chi connectivity index (χ4v) is 4.59. The Labute approximate surface area is 163 Å². The highest BCUT2D eigenvalue weighted by Crippen LogP contribution is 2.18. The first kappa shape index (κ1) is 19.9. The van der Waals surface area contributed by atoms with Crippen molar-refractivity contribution in [3.8, 4) is 0 Å². The number of sulfone groups is 1. The Balaban J connectivity index is 1.58. The Morgan fingerprint density at radius 2 is 2.04 bits per heavy atom. The summed E-state index contributed by atoms with van der Waals surface area (Å²) < 4.78 is 33.5. The van der Waals surface area contributed by atoms with Gasteiger partial charge >= 0.3 is 5.97 Å². The maximum absolute atomic E-state index is 12.5. The molecule has 0 bridgehead atoms. The molecule has 150 valence electrons. The van der Waals surface area contributed by atoms with Crippen molar-refractivity contribution in [2.24, 2.45) is 0 Å². The minimum Gasteiger partial charge on any atom is -0.467 e. The Morgan fingerprint density at radius 1 is 1.25 bits per heavy atom. The van der Waals surface area contributed by atoms with Gasteiger partial charge in [-0.1, -0.05) is 12.1 Å². The summed E-state index contributed by atoms with van der Waals surface area (Å²) >= 11 is 0. The van der Waals surface area contributed by atoms with Crippen molar-refractivity contribution in [2.75, 3.05) is 16.8 Å². The number of rotatable bonds is 7. The van der Waals surface area contributed by atoms with E-state index in [1.54, 1.807) is 36.6 Å². The number of ether oxygens (including phenoxy) is 1. The first-order chi connectivity index (χ1) is 13.3. The van der Waals surface area contributed by atoms with Crippen LogP contribution < -0.4 is 10.6 Å². The first-order valence-corrected chi connectivity index (χ1v) is 10.7. The molecule has 1 fully saturated rings. The molecule has 1 aromatic carbocycles. The largest absolute Gasteiger partial charge is 0.467 e. The van der Waals surface area contributed by atoms with Crippen LogP contribution in [0.25, 0.3) is 0 Å². The summed E-state index contributed by atoms with van der Waals surface area (Å²) in [6, 6.07) is 9.94. The van der Waals surface area contributed by atoms with Crippen molar-refractivity contribution < 1.29 is 27.2 Å². The molecule has 1 aliphatic rings. The van der Waals surface area contributed by atoms with Crippen molar-refractivity contribution in [1.82, 2.24) is 5.32 Å². The van der Waals surface area contributed by atoms with Crippen LogP contribution in [0.3, 0.4) is 0 Å². The summed E-state index contributed by atoms with van der Waals surface area (Å²) in [5.41, 5.74) is 0.843. The number of hydrogen-bond acceptors (Lipinski definition) is 7. The minimum absolute atomic E-state index is 0.0564. The highest BCUT2D eigenvalue weighted by molar-refractivity contribution is 7.91. The third kappa shape index (κ3) is 5.13. The van der Waals surface area contributed by atoms with E-state index >= 15 is 0 Å². The molecule has 2 heterocycles. The van der Waals surface area contributed by atoms with Gasteiger partial charge in [-0.3, -0.25) is 4.79 Å². The van der Waals surface area contributed by atoms with E-state index in [1.165, 1.54) is 6.92 Å². The van der Waals surface area contributed by atoms with Crippen LogP contribution in [0.2, 0.25) is 0 Å². The van der Waals surface area contributed by atoms with Gasteiger partial charge in [-0.15, -0.1) is 0 Å². The number of para-hydroxylation sites is 1. The van der Waals surface area contributed by atoms with E-state index in [9.17, 15) is 18.0 Å². The zero-order valence-electron chi connectivity index (χ0n) is 15.4. The van der Waals surface area contributed by atoms with E-state index in [0.717, 1.165) is 0 Å². The lowest BCUT2D eigenvalue weighted by molar-refractivity contribution is -0.129. The van der Waals surface area contributed by atoms with Gasteiger partial charge in [-0.05, 0) is 37.6 Å². The van der Waals surface area contributed by atoms with Crippen LogP contribution in [-0.2, 0) is 25.9 Å². The smallest absolute Gasteiger partial charge is 0.341 e. The average molecular weight is 406 g/mol. The molecule has 1 aromatic heterocycles. The molecule has 3 rings (SSSR count). The summed E-state index contributed by atoms with van der Waals surface area (Å²) in [5, 5.41) is 5.73. The third-order valence-corrected chi connectivity index (χ3v) is 6.18. The van der Waals surface area contributed by atoms with Gasteiger partial charge in [0.1, 0.15) is 5.76 Å². The molecular formula is C19H22N2O6S. The van der Waals surface area contributed by atoms with Crippen LogP contribution in [0.4, 0.5) is 5.69 Å². The molecule has 0 spiro atoms.